The van der Waals surface area contributed by atoms with Crippen LogP contribution in [0.3, 0.4) is 0 Å². The highest BCUT2D eigenvalue weighted by Crippen LogP contribution is 2.20. The number of aliphatic hydroxyl groups excluding tert-OH is 1. The molecule has 2 nitrogen and oxygen atoms in total. The van der Waals surface area contributed by atoms with Crippen molar-refractivity contribution in [1.82, 2.24) is 5.32 Å². The molecule has 0 radical (unpaired) electrons. The largest absolute Gasteiger partial charge is 0.394 e. The maximum atomic E-state index is 9.57. The Hall–Kier alpha value is -1.64. The number of rotatable bonds is 5. The molecule has 2 N–H and O–H groups in total. The molecule has 0 bridgehead atoms. The molecule has 0 aliphatic carbocycles. The molecule has 19 heavy (non-hydrogen) atoms. The highest BCUT2D eigenvalue weighted by molar-refractivity contribution is 5.26. The van der Waals surface area contributed by atoms with E-state index in [1.165, 1.54) is 11.1 Å². The fourth-order valence-corrected chi connectivity index (χ4v) is 2.28. The lowest BCUT2D eigenvalue weighted by Gasteiger charge is -2.22. The summed E-state index contributed by atoms with van der Waals surface area (Å²) in [6.07, 6.45) is 0. The average molecular weight is 255 g/mol. The molecule has 0 amide bonds. The van der Waals surface area contributed by atoms with Gasteiger partial charge in [-0.15, -0.1) is 0 Å². The standard InChI is InChI=1S/C17H21NO/c1-13-7-6-10-16(11-13)14(2)18-17(12-19)15-8-4-3-5-9-15/h3-11,14,17-19H,12H2,1-2H3/t14?,17-/m1/s1. The van der Waals surface area contributed by atoms with Crippen molar-refractivity contribution >= 4 is 0 Å². The number of nitrogens with one attached hydrogen (secondary N) is 1. The third-order valence-electron chi connectivity index (χ3n) is 3.38. The van der Waals surface area contributed by atoms with Gasteiger partial charge >= 0.3 is 0 Å². The Morgan fingerprint density at radius 2 is 1.68 bits per heavy atom. The van der Waals surface area contributed by atoms with Crippen LogP contribution in [0, 0.1) is 6.92 Å². The average Bonchev–Trinajstić information content (AvgIpc) is 2.45. The van der Waals surface area contributed by atoms with Crippen LogP contribution in [0.2, 0.25) is 0 Å². The number of aliphatic hydroxyl groups is 1. The molecule has 2 aromatic rings. The minimum Gasteiger partial charge on any atom is -0.394 e. The van der Waals surface area contributed by atoms with Gasteiger partial charge in [-0.25, -0.2) is 0 Å². The second kappa shape index (κ2) is 6.50. The highest BCUT2D eigenvalue weighted by atomic mass is 16.3. The van der Waals surface area contributed by atoms with E-state index in [1.54, 1.807) is 0 Å². The van der Waals surface area contributed by atoms with Gasteiger partial charge in [0.2, 0.25) is 0 Å². The number of hydrogen-bond acceptors (Lipinski definition) is 2. The second-order valence-electron chi connectivity index (χ2n) is 4.95. The molecule has 0 aliphatic heterocycles. The van der Waals surface area contributed by atoms with Gasteiger partial charge in [0.25, 0.3) is 0 Å². The molecule has 0 fully saturated rings. The number of aryl methyl sites for hydroxylation is 1. The van der Waals surface area contributed by atoms with Crippen LogP contribution in [0.25, 0.3) is 0 Å². The Morgan fingerprint density at radius 3 is 2.32 bits per heavy atom. The van der Waals surface area contributed by atoms with Crippen molar-refractivity contribution in [3.8, 4) is 0 Å². The minimum absolute atomic E-state index is 0.0308. The zero-order valence-electron chi connectivity index (χ0n) is 11.5. The highest BCUT2D eigenvalue weighted by Gasteiger charge is 2.14. The summed E-state index contributed by atoms with van der Waals surface area (Å²) in [5, 5.41) is 13.0. The van der Waals surface area contributed by atoms with E-state index in [4.69, 9.17) is 0 Å². The topological polar surface area (TPSA) is 32.3 Å². The van der Waals surface area contributed by atoms with Crippen LogP contribution in [0.15, 0.2) is 54.6 Å². The van der Waals surface area contributed by atoms with Crippen LogP contribution in [0.4, 0.5) is 0 Å². The number of benzene rings is 2. The first-order chi connectivity index (χ1) is 9.20. The van der Waals surface area contributed by atoms with E-state index >= 15 is 0 Å². The first-order valence-corrected chi connectivity index (χ1v) is 6.69. The van der Waals surface area contributed by atoms with Gasteiger partial charge in [-0.1, -0.05) is 60.2 Å². The molecular formula is C17H21NO. The maximum Gasteiger partial charge on any atom is 0.0626 e. The van der Waals surface area contributed by atoms with Gasteiger partial charge < -0.3 is 10.4 Å². The second-order valence-corrected chi connectivity index (χ2v) is 4.95. The summed E-state index contributed by atoms with van der Waals surface area (Å²) < 4.78 is 0. The Balaban J connectivity index is 2.10. The van der Waals surface area contributed by atoms with Crippen molar-refractivity contribution in [1.29, 1.82) is 0 Å². The lowest BCUT2D eigenvalue weighted by atomic mass is 10.0. The van der Waals surface area contributed by atoms with Gasteiger partial charge in [-0.2, -0.15) is 0 Å². The summed E-state index contributed by atoms with van der Waals surface area (Å²) >= 11 is 0. The van der Waals surface area contributed by atoms with Crippen LogP contribution in [0.1, 0.15) is 35.7 Å². The smallest absolute Gasteiger partial charge is 0.0626 e. The third kappa shape index (κ3) is 3.66. The van der Waals surface area contributed by atoms with Crippen LogP contribution in [-0.4, -0.2) is 11.7 Å². The summed E-state index contributed by atoms with van der Waals surface area (Å²) in [7, 11) is 0. The normalized spacial score (nSPS) is 14.1. The fourth-order valence-electron chi connectivity index (χ4n) is 2.28. The minimum atomic E-state index is -0.0308. The van der Waals surface area contributed by atoms with Gasteiger partial charge in [-0.3, -0.25) is 0 Å². The fraction of sp³-hybridized carbons (Fsp3) is 0.294. The van der Waals surface area contributed by atoms with Crippen LogP contribution in [-0.2, 0) is 0 Å². The van der Waals surface area contributed by atoms with Gasteiger partial charge in [0.05, 0.1) is 12.6 Å². The first kappa shape index (κ1) is 13.8. The quantitative estimate of drug-likeness (QED) is 0.858. The van der Waals surface area contributed by atoms with E-state index in [-0.39, 0.29) is 18.7 Å². The summed E-state index contributed by atoms with van der Waals surface area (Å²) in [4.78, 5) is 0. The van der Waals surface area contributed by atoms with Crippen LogP contribution < -0.4 is 5.32 Å². The number of hydrogen-bond donors (Lipinski definition) is 2. The van der Waals surface area contributed by atoms with Crippen molar-refractivity contribution in [2.75, 3.05) is 6.61 Å². The van der Waals surface area contributed by atoms with E-state index in [1.807, 2.05) is 30.3 Å². The van der Waals surface area contributed by atoms with Gasteiger partial charge in [0.1, 0.15) is 0 Å². The van der Waals surface area contributed by atoms with Crippen molar-refractivity contribution in [2.45, 2.75) is 25.9 Å². The summed E-state index contributed by atoms with van der Waals surface area (Å²) in [5.74, 6) is 0. The zero-order chi connectivity index (χ0) is 13.7. The molecule has 1 unspecified atom stereocenters. The van der Waals surface area contributed by atoms with E-state index in [2.05, 4.69) is 43.4 Å². The Kier molecular flexibility index (Phi) is 4.72. The van der Waals surface area contributed by atoms with Crippen molar-refractivity contribution < 1.29 is 5.11 Å². The summed E-state index contributed by atoms with van der Waals surface area (Å²) in [5.41, 5.74) is 3.62. The molecule has 0 heterocycles. The molecule has 2 aromatic carbocycles. The molecule has 0 aromatic heterocycles. The van der Waals surface area contributed by atoms with Crippen LogP contribution in [0.5, 0.6) is 0 Å². The lowest BCUT2D eigenvalue weighted by Crippen LogP contribution is -2.27. The van der Waals surface area contributed by atoms with E-state index < -0.39 is 0 Å². The molecule has 0 saturated carbocycles. The zero-order valence-corrected chi connectivity index (χ0v) is 11.5. The maximum absolute atomic E-state index is 9.57. The predicted octanol–water partition coefficient (Wildman–Crippen LogP) is 3.38. The molecule has 100 valence electrons. The van der Waals surface area contributed by atoms with Crippen molar-refractivity contribution in [3.05, 3.63) is 71.3 Å². The Bertz CT molecular complexity index is 510. The Labute approximate surface area is 115 Å². The van der Waals surface area contributed by atoms with Gasteiger partial charge in [-0.05, 0) is 25.0 Å². The van der Waals surface area contributed by atoms with E-state index in [0.29, 0.717) is 0 Å². The van der Waals surface area contributed by atoms with Crippen molar-refractivity contribution in [3.63, 3.8) is 0 Å². The first-order valence-electron chi connectivity index (χ1n) is 6.69. The molecule has 0 aliphatic rings. The molecular weight excluding hydrogens is 234 g/mol. The third-order valence-corrected chi connectivity index (χ3v) is 3.38. The lowest BCUT2D eigenvalue weighted by molar-refractivity contribution is 0.235. The van der Waals surface area contributed by atoms with E-state index in [0.717, 1.165) is 5.56 Å². The SMILES string of the molecule is Cc1cccc(C(C)N[C@H](CO)c2ccccc2)c1. The van der Waals surface area contributed by atoms with E-state index in [9.17, 15) is 5.11 Å². The Morgan fingerprint density at radius 1 is 1.00 bits per heavy atom. The summed E-state index contributed by atoms with van der Waals surface area (Å²) in [6.45, 7) is 4.32. The molecule has 0 saturated heterocycles. The van der Waals surface area contributed by atoms with Gasteiger partial charge in [0, 0.05) is 6.04 Å². The van der Waals surface area contributed by atoms with Crippen LogP contribution >= 0.6 is 0 Å². The monoisotopic (exact) mass is 255 g/mol. The molecule has 2 atom stereocenters. The molecule has 2 rings (SSSR count). The molecule has 2 heteroatoms. The van der Waals surface area contributed by atoms with Gasteiger partial charge in [0.15, 0.2) is 0 Å². The summed E-state index contributed by atoms with van der Waals surface area (Å²) in [6, 6.07) is 18.7. The molecule has 0 spiro atoms. The predicted molar refractivity (Wildman–Crippen MR) is 79.0 cm³/mol. The van der Waals surface area contributed by atoms with Crippen molar-refractivity contribution in [2.24, 2.45) is 0 Å².